The molecule has 0 bridgehead atoms. The van der Waals surface area contributed by atoms with Gasteiger partial charge in [0.25, 0.3) is 0 Å². The number of fused-ring (bicyclic) bond motifs is 1. The van der Waals surface area contributed by atoms with E-state index in [9.17, 15) is 4.79 Å². The number of carbonyl (C=O) groups excluding carboxylic acids is 1. The Morgan fingerprint density at radius 2 is 2.00 bits per heavy atom. The van der Waals surface area contributed by atoms with Crippen LogP contribution in [-0.4, -0.2) is 20.9 Å². The number of rotatable bonds is 4. The fourth-order valence-electron chi connectivity index (χ4n) is 2.83. The maximum Gasteiger partial charge on any atom is 0.228 e. The van der Waals surface area contributed by atoms with Gasteiger partial charge in [-0.2, -0.15) is 0 Å². The molecule has 118 valence electrons. The fourth-order valence-corrected chi connectivity index (χ4v) is 2.83. The lowest BCUT2D eigenvalue weighted by Crippen LogP contribution is -2.14. The first-order valence-corrected chi connectivity index (χ1v) is 7.73. The molecular weight excluding hydrogens is 300 g/mol. The van der Waals surface area contributed by atoms with Crippen LogP contribution in [0.1, 0.15) is 5.56 Å². The van der Waals surface area contributed by atoms with Crippen molar-refractivity contribution in [3.05, 3.63) is 72.8 Å². The monoisotopic (exact) mass is 316 g/mol. The van der Waals surface area contributed by atoms with Gasteiger partial charge >= 0.3 is 0 Å². The van der Waals surface area contributed by atoms with Gasteiger partial charge in [0.2, 0.25) is 5.91 Å². The fraction of sp³-hybridized carbons (Fsp3) is 0.0526. The predicted octanol–water partition coefficient (Wildman–Crippen LogP) is 3.74. The highest BCUT2D eigenvalue weighted by Crippen LogP contribution is 2.21. The number of hydrogen-bond donors (Lipinski definition) is 3. The third-order valence-electron chi connectivity index (χ3n) is 3.98. The maximum absolute atomic E-state index is 12.4. The van der Waals surface area contributed by atoms with Crippen LogP contribution < -0.4 is 5.32 Å². The number of aromatic amines is 2. The number of imidazole rings is 1. The van der Waals surface area contributed by atoms with Crippen molar-refractivity contribution in [1.82, 2.24) is 15.0 Å². The third kappa shape index (κ3) is 2.79. The molecule has 2 heterocycles. The van der Waals surface area contributed by atoms with Crippen molar-refractivity contribution in [3.63, 3.8) is 0 Å². The minimum Gasteiger partial charge on any atom is -0.361 e. The summed E-state index contributed by atoms with van der Waals surface area (Å²) >= 11 is 0. The second kappa shape index (κ2) is 6.04. The van der Waals surface area contributed by atoms with Crippen LogP contribution in [0.4, 0.5) is 5.69 Å². The molecule has 1 amide bonds. The van der Waals surface area contributed by atoms with E-state index in [2.05, 4.69) is 20.3 Å². The maximum atomic E-state index is 12.4. The van der Waals surface area contributed by atoms with Gasteiger partial charge in [0.15, 0.2) is 0 Å². The second-order valence-corrected chi connectivity index (χ2v) is 5.63. The summed E-state index contributed by atoms with van der Waals surface area (Å²) in [7, 11) is 0. The smallest absolute Gasteiger partial charge is 0.228 e. The van der Waals surface area contributed by atoms with Crippen molar-refractivity contribution in [2.75, 3.05) is 5.32 Å². The van der Waals surface area contributed by atoms with Gasteiger partial charge in [0.05, 0.1) is 24.6 Å². The molecule has 0 radical (unpaired) electrons. The van der Waals surface area contributed by atoms with Crippen molar-refractivity contribution in [1.29, 1.82) is 0 Å². The zero-order valence-electron chi connectivity index (χ0n) is 12.9. The zero-order valence-corrected chi connectivity index (χ0v) is 12.9. The highest BCUT2D eigenvalue weighted by Gasteiger charge is 2.09. The van der Waals surface area contributed by atoms with E-state index >= 15 is 0 Å². The van der Waals surface area contributed by atoms with Gasteiger partial charge in [-0.3, -0.25) is 4.79 Å². The number of H-pyrrole nitrogens is 2. The Morgan fingerprint density at radius 3 is 2.88 bits per heavy atom. The molecule has 0 unspecified atom stereocenters. The zero-order chi connectivity index (χ0) is 16.4. The standard InChI is InChI=1S/C19H16N4O/c24-19(9-14-10-21-17-7-2-1-6-16(14)17)23-15-5-3-4-13(8-15)18-11-20-12-22-18/h1-8,10-12,21H,9H2,(H,20,22)(H,23,24). The molecule has 0 atom stereocenters. The van der Waals surface area contributed by atoms with Gasteiger partial charge in [-0.25, -0.2) is 4.98 Å². The highest BCUT2D eigenvalue weighted by atomic mass is 16.1. The molecule has 3 N–H and O–H groups in total. The van der Waals surface area contributed by atoms with Crippen LogP contribution >= 0.6 is 0 Å². The lowest BCUT2D eigenvalue weighted by molar-refractivity contribution is -0.115. The Kier molecular flexibility index (Phi) is 3.59. The first kappa shape index (κ1) is 14.3. The number of para-hydroxylation sites is 1. The first-order chi connectivity index (χ1) is 11.8. The van der Waals surface area contributed by atoms with Crippen molar-refractivity contribution in [2.24, 2.45) is 0 Å². The van der Waals surface area contributed by atoms with E-state index in [1.165, 1.54) is 0 Å². The van der Waals surface area contributed by atoms with Crippen LogP contribution in [0.25, 0.3) is 22.2 Å². The van der Waals surface area contributed by atoms with Crippen molar-refractivity contribution in [3.8, 4) is 11.3 Å². The van der Waals surface area contributed by atoms with Gasteiger partial charge < -0.3 is 15.3 Å². The molecule has 4 rings (SSSR count). The summed E-state index contributed by atoms with van der Waals surface area (Å²) in [6, 6.07) is 15.7. The number of anilines is 1. The summed E-state index contributed by atoms with van der Waals surface area (Å²) in [4.78, 5) is 22.7. The Hall–Kier alpha value is -3.34. The lowest BCUT2D eigenvalue weighted by atomic mass is 10.1. The number of benzene rings is 2. The predicted molar refractivity (Wildman–Crippen MR) is 94.7 cm³/mol. The summed E-state index contributed by atoms with van der Waals surface area (Å²) in [5.41, 5.74) is 4.71. The number of aromatic nitrogens is 3. The van der Waals surface area contributed by atoms with E-state index < -0.39 is 0 Å². The van der Waals surface area contributed by atoms with Crippen molar-refractivity contribution < 1.29 is 4.79 Å². The first-order valence-electron chi connectivity index (χ1n) is 7.73. The molecule has 0 fully saturated rings. The van der Waals surface area contributed by atoms with E-state index in [-0.39, 0.29) is 5.91 Å². The normalized spacial score (nSPS) is 10.8. The Balaban J connectivity index is 1.51. The van der Waals surface area contributed by atoms with Crippen LogP contribution in [0, 0.1) is 0 Å². The van der Waals surface area contributed by atoms with E-state index in [1.807, 2.05) is 54.7 Å². The Morgan fingerprint density at radius 1 is 1.08 bits per heavy atom. The molecule has 0 saturated heterocycles. The van der Waals surface area contributed by atoms with Crippen LogP contribution in [0.3, 0.4) is 0 Å². The molecule has 5 nitrogen and oxygen atoms in total. The van der Waals surface area contributed by atoms with Crippen molar-refractivity contribution in [2.45, 2.75) is 6.42 Å². The molecule has 2 aromatic heterocycles. The Labute approximate surface area is 138 Å². The third-order valence-corrected chi connectivity index (χ3v) is 3.98. The van der Waals surface area contributed by atoms with Crippen molar-refractivity contribution >= 4 is 22.5 Å². The molecule has 4 aromatic rings. The number of amides is 1. The van der Waals surface area contributed by atoms with Crippen LogP contribution in [0.5, 0.6) is 0 Å². The highest BCUT2D eigenvalue weighted by molar-refractivity contribution is 5.96. The average Bonchev–Trinajstić information content (AvgIpc) is 3.26. The minimum absolute atomic E-state index is 0.0403. The molecule has 24 heavy (non-hydrogen) atoms. The molecule has 0 aliphatic heterocycles. The molecule has 5 heteroatoms. The average molecular weight is 316 g/mol. The number of carbonyl (C=O) groups is 1. The topological polar surface area (TPSA) is 73.6 Å². The van der Waals surface area contributed by atoms with Gasteiger partial charge in [-0.15, -0.1) is 0 Å². The molecule has 0 aliphatic carbocycles. The van der Waals surface area contributed by atoms with Crippen LogP contribution in [0.2, 0.25) is 0 Å². The van der Waals surface area contributed by atoms with E-state index in [0.717, 1.165) is 33.4 Å². The van der Waals surface area contributed by atoms with Crippen LogP contribution in [0.15, 0.2) is 67.3 Å². The van der Waals surface area contributed by atoms with E-state index in [0.29, 0.717) is 6.42 Å². The largest absolute Gasteiger partial charge is 0.361 e. The van der Waals surface area contributed by atoms with E-state index in [1.54, 1.807) is 12.5 Å². The summed E-state index contributed by atoms with van der Waals surface area (Å²) in [6.07, 6.45) is 5.62. The quantitative estimate of drug-likeness (QED) is 0.536. The van der Waals surface area contributed by atoms with Gasteiger partial charge in [-0.05, 0) is 23.8 Å². The molecule has 2 aromatic carbocycles. The SMILES string of the molecule is O=C(Cc1c[nH]c2ccccc12)Nc1cccc(-c2cnc[nH]2)c1. The van der Waals surface area contributed by atoms with Gasteiger partial charge in [0.1, 0.15) is 0 Å². The van der Waals surface area contributed by atoms with Gasteiger partial charge in [-0.1, -0.05) is 30.3 Å². The summed E-state index contributed by atoms with van der Waals surface area (Å²) in [5, 5.41) is 4.04. The summed E-state index contributed by atoms with van der Waals surface area (Å²) < 4.78 is 0. The number of nitrogens with one attached hydrogen (secondary N) is 3. The molecule has 0 aliphatic rings. The Bertz CT molecular complexity index is 985. The van der Waals surface area contributed by atoms with Gasteiger partial charge in [0, 0.05) is 28.4 Å². The van der Waals surface area contributed by atoms with Crippen LogP contribution in [-0.2, 0) is 11.2 Å². The van der Waals surface area contributed by atoms with E-state index in [4.69, 9.17) is 0 Å². The lowest BCUT2D eigenvalue weighted by Gasteiger charge is -2.06. The molecule has 0 spiro atoms. The number of nitrogens with zero attached hydrogens (tertiary/aromatic N) is 1. The summed E-state index contributed by atoms with van der Waals surface area (Å²) in [5.74, 6) is -0.0403. The molecule has 0 saturated carbocycles. The second-order valence-electron chi connectivity index (χ2n) is 5.63. The molecular formula is C19H16N4O. The minimum atomic E-state index is -0.0403. The summed E-state index contributed by atoms with van der Waals surface area (Å²) in [6.45, 7) is 0. The number of hydrogen-bond acceptors (Lipinski definition) is 2.